The van der Waals surface area contributed by atoms with Crippen molar-refractivity contribution in [2.45, 2.75) is 45.1 Å². The van der Waals surface area contributed by atoms with Gasteiger partial charge in [-0.05, 0) is 68.8 Å². The Balaban J connectivity index is 0.00000161. The van der Waals surface area contributed by atoms with Crippen LogP contribution in [-0.4, -0.2) is 31.1 Å². The summed E-state index contributed by atoms with van der Waals surface area (Å²) in [5.41, 5.74) is 3.19. The Morgan fingerprint density at radius 1 is 1.24 bits per heavy atom. The van der Waals surface area contributed by atoms with E-state index in [4.69, 9.17) is 0 Å². The van der Waals surface area contributed by atoms with Gasteiger partial charge in [-0.25, -0.2) is 0 Å². The van der Waals surface area contributed by atoms with Gasteiger partial charge < -0.3 is 5.32 Å². The van der Waals surface area contributed by atoms with Crippen molar-refractivity contribution in [1.82, 2.24) is 10.2 Å². The van der Waals surface area contributed by atoms with Gasteiger partial charge in [0.25, 0.3) is 0 Å². The van der Waals surface area contributed by atoms with Crippen LogP contribution in [0.1, 0.15) is 49.8 Å². The van der Waals surface area contributed by atoms with Crippen LogP contribution in [0.15, 0.2) is 24.3 Å². The lowest BCUT2D eigenvalue weighted by Gasteiger charge is -2.34. The van der Waals surface area contributed by atoms with Crippen molar-refractivity contribution in [3.63, 3.8) is 0 Å². The molecule has 2 nitrogen and oxygen atoms in total. The molecule has 1 aliphatic carbocycles. The van der Waals surface area contributed by atoms with E-state index in [1.807, 2.05) is 0 Å². The maximum absolute atomic E-state index is 3.57. The zero-order valence-corrected chi connectivity index (χ0v) is 14.0. The van der Waals surface area contributed by atoms with E-state index < -0.39 is 0 Å². The summed E-state index contributed by atoms with van der Waals surface area (Å²) in [7, 11) is 0. The van der Waals surface area contributed by atoms with Crippen LogP contribution in [0.3, 0.4) is 0 Å². The maximum atomic E-state index is 3.57. The Labute approximate surface area is 135 Å². The van der Waals surface area contributed by atoms with Crippen molar-refractivity contribution in [2.75, 3.05) is 26.2 Å². The number of hydrogen-bond acceptors (Lipinski definition) is 2. The number of rotatable bonds is 5. The average molecular weight is 309 g/mol. The summed E-state index contributed by atoms with van der Waals surface area (Å²) in [5, 5.41) is 3.57. The molecule has 21 heavy (non-hydrogen) atoms. The predicted octanol–water partition coefficient (Wildman–Crippen LogP) is 3.81. The van der Waals surface area contributed by atoms with Crippen molar-refractivity contribution in [3.05, 3.63) is 35.4 Å². The smallest absolute Gasteiger partial charge is 0.0354 e. The highest BCUT2D eigenvalue weighted by Gasteiger charge is 2.28. The van der Waals surface area contributed by atoms with Gasteiger partial charge in [0.1, 0.15) is 0 Å². The number of halogens is 1. The summed E-state index contributed by atoms with van der Waals surface area (Å²) in [4.78, 5) is 2.77. The van der Waals surface area contributed by atoms with E-state index in [-0.39, 0.29) is 12.4 Å². The lowest BCUT2D eigenvalue weighted by atomic mass is 9.97. The highest BCUT2D eigenvalue weighted by atomic mass is 35.5. The first-order chi connectivity index (χ1) is 9.88. The minimum atomic E-state index is 0. The largest absolute Gasteiger partial charge is 0.316 e. The number of nitrogens with one attached hydrogen (secondary N) is 1. The number of hydrogen-bond donors (Lipinski definition) is 1. The second-order valence-electron chi connectivity index (χ2n) is 6.46. The molecule has 118 valence electrons. The molecule has 1 aromatic rings. The van der Waals surface area contributed by atoms with Crippen LogP contribution in [0.2, 0.25) is 0 Å². The van der Waals surface area contributed by atoms with Crippen LogP contribution in [-0.2, 0) is 6.42 Å². The molecule has 0 radical (unpaired) electrons. The fourth-order valence-corrected chi connectivity index (χ4v) is 3.99. The van der Waals surface area contributed by atoms with Crippen molar-refractivity contribution < 1.29 is 0 Å². The first-order valence-electron chi connectivity index (χ1n) is 8.41. The quantitative estimate of drug-likeness (QED) is 0.890. The van der Waals surface area contributed by atoms with E-state index >= 15 is 0 Å². The summed E-state index contributed by atoms with van der Waals surface area (Å²) in [6, 6.07) is 9.75. The zero-order valence-electron chi connectivity index (χ0n) is 13.2. The minimum Gasteiger partial charge on any atom is -0.316 e. The first-order valence-corrected chi connectivity index (χ1v) is 8.41. The van der Waals surface area contributed by atoms with Gasteiger partial charge in [0.05, 0.1) is 0 Å². The molecule has 0 saturated carbocycles. The minimum absolute atomic E-state index is 0. The van der Waals surface area contributed by atoms with Crippen LogP contribution in [0.25, 0.3) is 0 Å². The summed E-state index contributed by atoms with van der Waals surface area (Å²) in [5.74, 6) is 0.850. The van der Waals surface area contributed by atoms with Crippen LogP contribution in [0.5, 0.6) is 0 Å². The third-order valence-corrected chi connectivity index (χ3v) is 4.94. The molecule has 0 amide bonds. The number of benzene rings is 1. The number of aryl methyl sites for hydroxylation is 1. The van der Waals surface area contributed by atoms with Gasteiger partial charge in [0.2, 0.25) is 0 Å². The molecule has 2 aliphatic rings. The Morgan fingerprint density at radius 3 is 2.86 bits per heavy atom. The number of nitrogens with zero attached hydrogens (tertiary/aromatic N) is 1. The lowest BCUT2D eigenvalue weighted by molar-refractivity contribution is 0.153. The van der Waals surface area contributed by atoms with Crippen LogP contribution in [0, 0.1) is 5.92 Å². The maximum Gasteiger partial charge on any atom is 0.0354 e. The van der Waals surface area contributed by atoms with Crippen molar-refractivity contribution >= 4 is 12.4 Å². The molecular formula is C18H29ClN2. The molecule has 0 spiro atoms. The van der Waals surface area contributed by atoms with E-state index in [1.54, 1.807) is 11.1 Å². The highest BCUT2D eigenvalue weighted by Crippen LogP contribution is 2.36. The van der Waals surface area contributed by atoms with E-state index in [1.165, 1.54) is 58.3 Å². The Morgan fingerprint density at radius 2 is 2.10 bits per heavy atom. The molecule has 2 atom stereocenters. The Kier molecular flexibility index (Phi) is 6.53. The summed E-state index contributed by atoms with van der Waals surface area (Å²) in [6.07, 6.45) is 6.61. The van der Waals surface area contributed by atoms with E-state index in [0.29, 0.717) is 6.04 Å². The first kappa shape index (κ1) is 16.8. The molecule has 1 heterocycles. The molecular weight excluding hydrogens is 280 g/mol. The molecule has 1 N–H and O–H groups in total. The van der Waals surface area contributed by atoms with Crippen LogP contribution >= 0.6 is 12.4 Å². The van der Waals surface area contributed by atoms with Gasteiger partial charge in [0, 0.05) is 12.6 Å². The molecule has 1 saturated heterocycles. The normalized spacial score (nSPS) is 24.7. The second kappa shape index (κ2) is 8.17. The number of fused-ring (bicyclic) bond motifs is 1. The van der Waals surface area contributed by atoms with Gasteiger partial charge in [-0.3, -0.25) is 4.90 Å². The third-order valence-electron chi connectivity index (χ3n) is 4.94. The second-order valence-corrected chi connectivity index (χ2v) is 6.46. The molecule has 1 aromatic carbocycles. The summed E-state index contributed by atoms with van der Waals surface area (Å²) >= 11 is 0. The zero-order chi connectivity index (χ0) is 13.8. The Bertz CT molecular complexity index is 429. The molecule has 3 rings (SSSR count). The summed E-state index contributed by atoms with van der Waals surface area (Å²) in [6.45, 7) is 7.27. The molecule has 3 heteroatoms. The molecule has 1 fully saturated rings. The fourth-order valence-electron chi connectivity index (χ4n) is 3.99. The average Bonchev–Trinajstić information content (AvgIpc) is 2.92. The lowest BCUT2D eigenvalue weighted by Crippen LogP contribution is -2.39. The summed E-state index contributed by atoms with van der Waals surface area (Å²) < 4.78 is 0. The van der Waals surface area contributed by atoms with Gasteiger partial charge in [0.15, 0.2) is 0 Å². The van der Waals surface area contributed by atoms with Crippen molar-refractivity contribution in [2.24, 2.45) is 5.92 Å². The molecule has 2 unspecified atom stereocenters. The Hall–Kier alpha value is -0.570. The third kappa shape index (κ3) is 4.00. The van der Waals surface area contributed by atoms with Crippen LogP contribution < -0.4 is 5.32 Å². The van der Waals surface area contributed by atoms with Crippen LogP contribution in [0.4, 0.5) is 0 Å². The van der Waals surface area contributed by atoms with Gasteiger partial charge in [-0.15, -0.1) is 12.4 Å². The van der Waals surface area contributed by atoms with Gasteiger partial charge in [-0.1, -0.05) is 31.2 Å². The number of piperidine rings is 1. The van der Waals surface area contributed by atoms with Crippen molar-refractivity contribution in [3.8, 4) is 0 Å². The van der Waals surface area contributed by atoms with E-state index in [2.05, 4.69) is 41.4 Å². The standard InChI is InChI=1S/C18H28N2.ClH/c1-2-12-20(14-15-6-5-11-19-13-15)18-10-9-16-7-3-4-8-17(16)18;/h3-4,7-8,15,18-19H,2,5-6,9-14H2,1H3;1H. The SMILES string of the molecule is CCCN(CC1CCCNC1)C1CCc2ccccc21.Cl. The monoisotopic (exact) mass is 308 g/mol. The molecule has 0 aromatic heterocycles. The predicted molar refractivity (Wildman–Crippen MR) is 92.2 cm³/mol. The van der Waals surface area contributed by atoms with E-state index in [9.17, 15) is 0 Å². The van der Waals surface area contributed by atoms with Gasteiger partial charge in [-0.2, -0.15) is 0 Å². The fraction of sp³-hybridized carbons (Fsp3) is 0.667. The highest BCUT2D eigenvalue weighted by molar-refractivity contribution is 5.85. The van der Waals surface area contributed by atoms with Gasteiger partial charge >= 0.3 is 0 Å². The topological polar surface area (TPSA) is 15.3 Å². The van der Waals surface area contributed by atoms with Crippen molar-refractivity contribution in [1.29, 1.82) is 0 Å². The molecule has 1 aliphatic heterocycles. The molecule has 0 bridgehead atoms. The van der Waals surface area contributed by atoms with E-state index in [0.717, 1.165) is 5.92 Å².